The molecule has 4 nitrogen and oxygen atoms in total. The van der Waals surface area contributed by atoms with Crippen LogP contribution in [0.15, 0.2) is 42.5 Å². The molecule has 1 fully saturated rings. The number of rotatable bonds is 4. The predicted molar refractivity (Wildman–Crippen MR) is 96.4 cm³/mol. The molecule has 2 aromatic rings. The van der Waals surface area contributed by atoms with Crippen LogP contribution in [0.3, 0.4) is 0 Å². The maximum absolute atomic E-state index is 14.3. The Labute approximate surface area is 147 Å². The summed E-state index contributed by atoms with van der Waals surface area (Å²) in [6.07, 6.45) is 0.978. The zero-order valence-electron chi connectivity index (χ0n) is 14.8. The van der Waals surface area contributed by atoms with Gasteiger partial charge in [-0.2, -0.15) is 0 Å². The van der Waals surface area contributed by atoms with Gasteiger partial charge in [0.1, 0.15) is 11.6 Å². The largest absolute Gasteiger partial charge is 0.497 e. The summed E-state index contributed by atoms with van der Waals surface area (Å²) in [6.45, 7) is 1.88. The van der Waals surface area contributed by atoms with E-state index in [2.05, 4.69) is 11.9 Å². The topological polar surface area (TPSA) is 32.8 Å². The second-order valence-electron chi connectivity index (χ2n) is 6.55. The van der Waals surface area contributed by atoms with Crippen LogP contribution in [-0.4, -0.2) is 56.0 Å². The molecular formula is C20H23FN2O2. The molecule has 1 unspecified atom stereocenters. The van der Waals surface area contributed by atoms with E-state index in [1.54, 1.807) is 35.2 Å². The summed E-state index contributed by atoms with van der Waals surface area (Å²) in [5, 5.41) is 0. The maximum atomic E-state index is 14.3. The number of ether oxygens (including phenoxy) is 1. The van der Waals surface area contributed by atoms with Crippen LogP contribution in [0.1, 0.15) is 16.8 Å². The Kier molecular flexibility index (Phi) is 5.04. The number of nitrogens with zero attached hydrogens (tertiary/aromatic N) is 2. The Balaban J connectivity index is 1.85. The van der Waals surface area contributed by atoms with Gasteiger partial charge in [0.25, 0.3) is 5.91 Å². The van der Waals surface area contributed by atoms with Crippen LogP contribution in [0.5, 0.6) is 5.75 Å². The summed E-state index contributed by atoms with van der Waals surface area (Å²) in [7, 11) is 5.40. The van der Waals surface area contributed by atoms with Gasteiger partial charge >= 0.3 is 0 Å². The molecule has 0 saturated carbocycles. The van der Waals surface area contributed by atoms with Crippen molar-refractivity contribution in [3.8, 4) is 16.9 Å². The summed E-state index contributed by atoms with van der Waals surface area (Å²) in [6, 6.07) is 12.1. The van der Waals surface area contributed by atoms with Gasteiger partial charge in [0.05, 0.1) is 7.11 Å². The van der Waals surface area contributed by atoms with E-state index in [1.807, 2.05) is 13.1 Å². The van der Waals surface area contributed by atoms with Crippen molar-refractivity contribution in [2.45, 2.75) is 12.5 Å². The number of benzene rings is 2. The lowest BCUT2D eigenvalue weighted by molar-refractivity contribution is 0.0737. The molecule has 1 aliphatic heterocycles. The zero-order chi connectivity index (χ0) is 18.0. The van der Waals surface area contributed by atoms with Crippen LogP contribution < -0.4 is 4.74 Å². The number of carbonyl (C=O) groups is 1. The van der Waals surface area contributed by atoms with Crippen LogP contribution >= 0.6 is 0 Å². The van der Waals surface area contributed by atoms with Crippen molar-refractivity contribution in [3.63, 3.8) is 0 Å². The molecule has 25 heavy (non-hydrogen) atoms. The second-order valence-corrected chi connectivity index (χ2v) is 6.55. The lowest BCUT2D eigenvalue weighted by Crippen LogP contribution is -2.38. The highest BCUT2D eigenvalue weighted by atomic mass is 19.1. The van der Waals surface area contributed by atoms with Gasteiger partial charge in [-0.3, -0.25) is 4.79 Å². The molecule has 3 rings (SSSR count). The standard InChI is InChI=1S/C20H23FN2O2/c1-22-10-9-16(13-22)23(2)20(24)15-6-4-5-14(11-15)18-8-7-17(25-3)12-19(18)21/h4-8,11-12,16H,9-10,13H2,1-3H3. The summed E-state index contributed by atoms with van der Waals surface area (Å²) in [5.41, 5.74) is 1.71. The van der Waals surface area contributed by atoms with E-state index >= 15 is 0 Å². The van der Waals surface area contributed by atoms with Gasteiger partial charge in [0, 0.05) is 36.8 Å². The van der Waals surface area contributed by atoms with Crippen molar-refractivity contribution in [2.24, 2.45) is 0 Å². The first-order valence-corrected chi connectivity index (χ1v) is 8.39. The SMILES string of the molecule is COc1ccc(-c2cccc(C(=O)N(C)C3CCN(C)C3)c2)c(F)c1. The number of amides is 1. The fraction of sp³-hybridized carbons (Fsp3) is 0.350. The van der Waals surface area contributed by atoms with E-state index in [1.165, 1.54) is 13.2 Å². The minimum absolute atomic E-state index is 0.0314. The Morgan fingerprint density at radius 2 is 2.08 bits per heavy atom. The molecule has 0 N–H and O–H groups in total. The van der Waals surface area contributed by atoms with Crippen LogP contribution in [0.4, 0.5) is 4.39 Å². The van der Waals surface area contributed by atoms with Crippen molar-refractivity contribution in [1.29, 1.82) is 0 Å². The highest BCUT2D eigenvalue weighted by Gasteiger charge is 2.27. The Morgan fingerprint density at radius 3 is 2.72 bits per heavy atom. The Bertz CT molecular complexity index is 778. The van der Waals surface area contributed by atoms with Gasteiger partial charge in [-0.05, 0) is 49.8 Å². The number of likely N-dealkylation sites (tertiary alicyclic amines) is 1. The lowest BCUT2D eigenvalue weighted by Gasteiger charge is -2.24. The molecule has 5 heteroatoms. The molecule has 1 saturated heterocycles. The van der Waals surface area contributed by atoms with Gasteiger partial charge in [0.2, 0.25) is 0 Å². The van der Waals surface area contributed by atoms with Crippen LogP contribution in [0.2, 0.25) is 0 Å². The predicted octanol–water partition coefficient (Wildman–Crippen LogP) is 3.28. The van der Waals surface area contributed by atoms with Gasteiger partial charge in [-0.25, -0.2) is 4.39 Å². The number of likely N-dealkylation sites (N-methyl/N-ethyl adjacent to an activating group) is 2. The van der Waals surface area contributed by atoms with Crippen molar-refractivity contribution < 1.29 is 13.9 Å². The summed E-state index contributed by atoms with van der Waals surface area (Å²) < 4.78 is 19.4. The molecule has 132 valence electrons. The molecule has 2 aromatic carbocycles. The zero-order valence-corrected chi connectivity index (χ0v) is 14.8. The molecule has 1 aliphatic rings. The molecule has 0 aromatic heterocycles. The van der Waals surface area contributed by atoms with Gasteiger partial charge in [-0.1, -0.05) is 12.1 Å². The average molecular weight is 342 g/mol. The second kappa shape index (κ2) is 7.23. The summed E-state index contributed by atoms with van der Waals surface area (Å²) in [4.78, 5) is 16.8. The molecule has 1 amide bonds. The average Bonchev–Trinajstić information content (AvgIpc) is 3.06. The number of halogens is 1. The molecule has 0 spiro atoms. The fourth-order valence-electron chi connectivity index (χ4n) is 3.27. The normalized spacial score (nSPS) is 17.5. The molecule has 0 radical (unpaired) electrons. The third-order valence-corrected chi connectivity index (χ3v) is 4.83. The van der Waals surface area contributed by atoms with Crippen LogP contribution in [-0.2, 0) is 0 Å². The first-order chi connectivity index (χ1) is 12.0. The summed E-state index contributed by atoms with van der Waals surface area (Å²) in [5.74, 6) is 0.0735. The minimum atomic E-state index is -0.366. The van der Waals surface area contributed by atoms with Crippen molar-refractivity contribution in [2.75, 3.05) is 34.3 Å². The molecule has 0 aliphatic carbocycles. The van der Waals surface area contributed by atoms with Gasteiger partial charge in [-0.15, -0.1) is 0 Å². The van der Waals surface area contributed by atoms with Crippen molar-refractivity contribution in [3.05, 3.63) is 53.8 Å². The van der Waals surface area contributed by atoms with Crippen LogP contribution in [0.25, 0.3) is 11.1 Å². The lowest BCUT2D eigenvalue weighted by atomic mass is 10.0. The van der Waals surface area contributed by atoms with E-state index in [9.17, 15) is 9.18 Å². The number of carbonyl (C=O) groups excluding carboxylic acids is 1. The fourth-order valence-corrected chi connectivity index (χ4v) is 3.27. The molecule has 1 heterocycles. The smallest absolute Gasteiger partial charge is 0.253 e. The Morgan fingerprint density at radius 1 is 1.28 bits per heavy atom. The van der Waals surface area contributed by atoms with E-state index in [-0.39, 0.29) is 17.8 Å². The Hall–Kier alpha value is -2.40. The summed E-state index contributed by atoms with van der Waals surface area (Å²) >= 11 is 0. The molecular weight excluding hydrogens is 319 g/mol. The number of methoxy groups -OCH3 is 1. The number of hydrogen-bond donors (Lipinski definition) is 0. The quantitative estimate of drug-likeness (QED) is 0.855. The monoisotopic (exact) mass is 342 g/mol. The minimum Gasteiger partial charge on any atom is -0.497 e. The third kappa shape index (κ3) is 3.66. The van der Waals surface area contributed by atoms with E-state index < -0.39 is 0 Å². The highest BCUT2D eigenvalue weighted by molar-refractivity contribution is 5.95. The van der Waals surface area contributed by atoms with Gasteiger partial charge < -0.3 is 14.5 Å². The number of hydrogen-bond acceptors (Lipinski definition) is 3. The van der Waals surface area contributed by atoms with E-state index in [0.29, 0.717) is 22.4 Å². The van der Waals surface area contributed by atoms with Crippen LogP contribution in [0, 0.1) is 5.82 Å². The van der Waals surface area contributed by atoms with Crippen molar-refractivity contribution >= 4 is 5.91 Å². The maximum Gasteiger partial charge on any atom is 0.253 e. The molecule has 1 atom stereocenters. The van der Waals surface area contributed by atoms with Gasteiger partial charge in [0.15, 0.2) is 0 Å². The van der Waals surface area contributed by atoms with Crippen molar-refractivity contribution in [1.82, 2.24) is 9.80 Å². The first-order valence-electron chi connectivity index (χ1n) is 8.39. The first kappa shape index (κ1) is 17.4. The van der Waals surface area contributed by atoms with E-state index in [0.717, 1.165) is 19.5 Å². The van der Waals surface area contributed by atoms with E-state index in [4.69, 9.17) is 4.74 Å². The third-order valence-electron chi connectivity index (χ3n) is 4.83. The molecule has 0 bridgehead atoms. The highest BCUT2D eigenvalue weighted by Crippen LogP contribution is 2.27.